The molecule has 8 heteroatoms. The van der Waals surface area contributed by atoms with Crippen LogP contribution in [0.4, 0.5) is 5.69 Å². The maximum atomic E-state index is 13.4. The highest BCUT2D eigenvalue weighted by Crippen LogP contribution is 2.39. The average molecular weight is 413 g/mol. The van der Waals surface area contributed by atoms with E-state index in [2.05, 4.69) is 10.2 Å². The summed E-state index contributed by atoms with van der Waals surface area (Å²) in [5.41, 5.74) is 0.236. The number of thiophene rings is 1. The summed E-state index contributed by atoms with van der Waals surface area (Å²) in [5.74, 6) is -0.198. The minimum atomic E-state index is -0.721. The van der Waals surface area contributed by atoms with Crippen molar-refractivity contribution in [3.8, 4) is 0 Å². The van der Waals surface area contributed by atoms with E-state index in [9.17, 15) is 14.4 Å². The van der Waals surface area contributed by atoms with Gasteiger partial charge in [-0.05, 0) is 36.4 Å². The van der Waals surface area contributed by atoms with Crippen molar-refractivity contribution in [1.82, 2.24) is 15.1 Å². The summed E-state index contributed by atoms with van der Waals surface area (Å²) in [6.45, 7) is 1.44. The lowest BCUT2D eigenvalue weighted by molar-refractivity contribution is -0.137. The van der Waals surface area contributed by atoms with Crippen LogP contribution in [0.3, 0.4) is 0 Å². The van der Waals surface area contributed by atoms with Gasteiger partial charge in [0.05, 0.1) is 11.5 Å². The highest BCUT2D eigenvalue weighted by molar-refractivity contribution is 7.12. The number of para-hydroxylation sites is 1. The molecule has 0 bridgehead atoms. The van der Waals surface area contributed by atoms with Crippen LogP contribution in [0.5, 0.6) is 0 Å². The number of carbonyl (C=O) groups excluding carboxylic acids is 3. The number of nitrogens with one attached hydrogen (secondary N) is 1. The first-order valence-corrected chi connectivity index (χ1v) is 10.6. The Morgan fingerprint density at radius 2 is 1.83 bits per heavy atom. The van der Waals surface area contributed by atoms with Crippen molar-refractivity contribution in [1.29, 1.82) is 0 Å². The number of rotatable bonds is 4. The van der Waals surface area contributed by atoms with Gasteiger partial charge in [-0.25, -0.2) is 0 Å². The number of anilines is 1. The molecule has 7 nitrogen and oxygen atoms in total. The van der Waals surface area contributed by atoms with Crippen LogP contribution in [-0.4, -0.2) is 66.4 Å². The van der Waals surface area contributed by atoms with Crippen LogP contribution in [0.1, 0.15) is 22.5 Å². The molecule has 0 saturated carbocycles. The van der Waals surface area contributed by atoms with Crippen molar-refractivity contribution in [3.05, 3.63) is 52.7 Å². The second-order valence-corrected chi connectivity index (χ2v) is 8.33. The van der Waals surface area contributed by atoms with Crippen molar-refractivity contribution in [2.24, 2.45) is 0 Å². The molecule has 2 aliphatic heterocycles. The maximum Gasteiger partial charge on any atom is 0.263 e. The van der Waals surface area contributed by atoms with Gasteiger partial charge in [-0.3, -0.25) is 14.4 Å². The lowest BCUT2D eigenvalue weighted by Gasteiger charge is -2.43. The molecule has 0 unspecified atom stereocenters. The maximum absolute atomic E-state index is 13.4. The molecule has 3 amide bonds. The van der Waals surface area contributed by atoms with Crippen molar-refractivity contribution >= 4 is 34.7 Å². The normalized spacial score (nSPS) is 18.4. The van der Waals surface area contributed by atoms with Crippen molar-refractivity contribution < 1.29 is 14.4 Å². The van der Waals surface area contributed by atoms with Gasteiger partial charge in [0.2, 0.25) is 5.91 Å². The van der Waals surface area contributed by atoms with Crippen LogP contribution in [0, 0.1) is 0 Å². The largest absolute Gasteiger partial charge is 0.358 e. The number of amides is 3. The number of likely N-dealkylation sites (tertiary alicyclic amines) is 1. The van der Waals surface area contributed by atoms with E-state index in [4.69, 9.17) is 0 Å². The summed E-state index contributed by atoms with van der Waals surface area (Å²) in [6, 6.07) is 13.5. The Bertz CT molecular complexity index is 892. The molecule has 4 rings (SSSR count). The number of piperidine rings is 1. The summed E-state index contributed by atoms with van der Waals surface area (Å²) >= 11 is 1.43. The minimum Gasteiger partial charge on any atom is -0.358 e. The highest BCUT2D eigenvalue weighted by Gasteiger charge is 2.54. The van der Waals surface area contributed by atoms with E-state index in [1.165, 1.54) is 11.3 Å². The van der Waals surface area contributed by atoms with E-state index >= 15 is 0 Å². The molecule has 2 fully saturated rings. The fourth-order valence-electron chi connectivity index (χ4n) is 4.21. The van der Waals surface area contributed by atoms with Gasteiger partial charge in [0.1, 0.15) is 12.1 Å². The standard InChI is InChI=1S/C21H24N4O3S/c1-22-18(26)14-24-15-25(16-6-3-2-4-7-16)21(20(24)28)9-11-23(12-10-21)19(27)17-8-5-13-29-17/h2-8,13H,9-12,14-15H2,1H3,(H,22,26). The van der Waals surface area contributed by atoms with E-state index in [-0.39, 0.29) is 24.3 Å². The zero-order valence-corrected chi connectivity index (χ0v) is 17.2. The summed E-state index contributed by atoms with van der Waals surface area (Å²) in [5, 5.41) is 4.49. The second kappa shape index (κ2) is 7.87. The van der Waals surface area contributed by atoms with E-state index in [0.717, 1.165) is 10.6 Å². The van der Waals surface area contributed by atoms with Crippen molar-refractivity contribution in [2.45, 2.75) is 18.4 Å². The first kappa shape index (κ1) is 19.4. The van der Waals surface area contributed by atoms with Crippen molar-refractivity contribution in [3.63, 3.8) is 0 Å². The van der Waals surface area contributed by atoms with E-state index < -0.39 is 5.54 Å². The highest BCUT2D eigenvalue weighted by atomic mass is 32.1. The van der Waals surface area contributed by atoms with Crippen LogP contribution in [0.2, 0.25) is 0 Å². The molecule has 0 radical (unpaired) electrons. The Balaban J connectivity index is 1.58. The van der Waals surface area contributed by atoms with Gasteiger partial charge in [0.15, 0.2) is 0 Å². The summed E-state index contributed by atoms with van der Waals surface area (Å²) < 4.78 is 0. The van der Waals surface area contributed by atoms with Crippen LogP contribution in [0.15, 0.2) is 47.8 Å². The van der Waals surface area contributed by atoms with Crippen LogP contribution in [0.25, 0.3) is 0 Å². The summed E-state index contributed by atoms with van der Waals surface area (Å²) in [7, 11) is 1.57. The molecule has 2 saturated heterocycles. The number of carbonyl (C=O) groups is 3. The SMILES string of the molecule is CNC(=O)CN1CN(c2ccccc2)C2(CCN(C(=O)c3cccs3)CC2)C1=O. The van der Waals surface area contributed by atoms with Gasteiger partial charge in [0, 0.05) is 25.8 Å². The van der Waals surface area contributed by atoms with E-state index in [1.807, 2.05) is 52.7 Å². The Kier molecular flexibility index (Phi) is 5.27. The molecule has 0 atom stereocenters. The molecular weight excluding hydrogens is 388 g/mol. The number of benzene rings is 1. The second-order valence-electron chi connectivity index (χ2n) is 7.38. The Morgan fingerprint density at radius 1 is 1.10 bits per heavy atom. The first-order valence-electron chi connectivity index (χ1n) is 9.70. The minimum absolute atomic E-state index is 0.0220. The van der Waals surface area contributed by atoms with E-state index in [0.29, 0.717) is 32.6 Å². The zero-order valence-electron chi connectivity index (χ0n) is 16.3. The number of hydrogen-bond acceptors (Lipinski definition) is 5. The molecule has 2 aromatic rings. The third-order valence-electron chi connectivity index (χ3n) is 5.81. The van der Waals surface area contributed by atoms with Crippen LogP contribution < -0.4 is 10.2 Å². The summed E-state index contributed by atoms with van der Waals surface area (Å²) in [4.78, 5) is 44.3. The molecular formula is C21H24N4O3S. The van der Waals surface area contributed by atoms with Gasteiger partial charge in [0.25, 0.3) is 11.8 Å². The number of nitrogens with zero attached hydrogens (tertiary/aromatic N) is 3. The molecule has 1 spiro atoms. The molecule has 3 heterocycles. The predicted octanol–water partition coefficient (Wildman–Crippen LogP) is 1.78. The van der Waals surface area contributed by atoms with Gasteiger partial charge in [-0.2, -0.15) is 0 Å². The van der Waals surface area contributed by atoms with Crippen LogP contribution in [-0.2, 0) is 9.59 Å². The monoisotopic (exact) mass is 412 g/mol. The zero-order chi connectivity index (χ0) is 20.4. The topological polar surface area (TPSA) is 73.0 Å². The molecule has 1 aromatic carbocycles. The van der Waals surface area contributed by atoms with Gasteiger partial charge >= 0.3 is 0 Å². The molecule has 1 N–H and O–H groups in total. The molecule has 1 aromatic heterocycles. The lowest BCUT2D eigenvalue weighted by Crippen LogP contribution is -2.57. The summed E-state index contributed by atoms with van der Waals surface area (Å²) in [6.07, 6.45) is 1.09. The van der Waals surface area contributed by atoms with Gasteiger partial charge in [-0.1, -0.05) is 24.3 Å². The third-order valence-corrected chi connectivity index (χ3v) is 6.66. The fraction of sp³-hybridized carbons (Fsp3) is 0.381. The third kappa shape index (κ3) is 3.48. The number of hydrogen-bond donors (Lipinski definition) is 1. The van der Waals surface area contributed by atoms with Gasteiger partial charge in [-0.15, -0.1) is 11.3 Å². The fourth-order valence-corrected chi connectivity index (χ4v) is 4.90. The molecule has 2 aliphatic rings. The molecule has 152 valence electrons. The molecule has 0 aliphatic carbocycles. The Labute approximate surface area is 173 Å². The van der Waals surface area contributed by atoms with Crippen molar-refractivity contribution in [2.75, 3.05) is 38.3 Å². The first-order chi connectivity index (χ1) is 14.0. The van der Waals surface area contributed by atoms with Gasteiger partial charge < -0.3 is 20.0 Å². The lowest BCUT2D eigenvalue weighted by atomic mass is 9.85. The van der Waals surface area contributed by atoms with E-state index in [1.54, 1.807) is 11.9 Å². The number of likely N-dealkylation sites (N-methyl/N-ethyl adjacent to an activating group) is 1. The molecule has 29 heavy (non-hydrogen) atoms. The Hall–Kier alpha value is -2.87. The smallest absolute Gasteiger partial charge is 0.263 e. The predicted molar refractivity (Wildman–Crippen MR) is 112 cm³/mol. The van der Waals surface area contributed by atoms with Crippen LogP contribution >= 0.6 is 11.3 Å². The quantitative estimate of drug-likeness (QED) is 0.831. The Morgan fingerprint density at radius 3 is 2.45 bits per heavy atom. The average Bonchev–Trinajstić information content (AvgIpc) is 3.38.